The summed E-state index contributed by atoms with van der Waals surface area (Å²) in [5, 5.41) is 11.2. The van der Waals surface area contributed by atoms with Crippen molar-refractivity contribution in [1.82, 2.24) is 10.2 Å². The number of fused-ring (bicyclic) bond motifs is 5. The zero-order valence-corrected chi connectivity index (χ0v) is 22.5. The first kappa shape index (κ1) is 24.9. The second-order valence-electron chi connectivity index (χ2n) is 10.5. The lowest BCUT2D eigenvalue weighted by Crippen LogP contribution is -2.35. The number of ether oxygens (including phenoxy) is 1. The fourth-order valence-electron chi connectivity index (χ4n) is 5.90. The van der Waals surface area contributed by atoms with Crippen LogP contribution in [0.5, 0.6) is 5.75 Å². The molecule has 3 aliphatic rings. The van der Waals surface area contributed by atoms with Crippen LogP contribution < -0.4 is 25.6 Å². The largest absolute Gasteiger partial charge is 0.482 e. The molecular weight excluding hydrogens is 486 g/mol. The average Bonchev–Trinajstić information content (AvgIpc) is 2.94. The Morgan fingerprint density at radius 3 is 2.54 bits per heavy atom. The first-order valence-electron chi connectivity index (χ1n) is 13.4. The molecule has 3 aromatic carbocycles. The zero-order chi connectivity index (χ0) is 27.1. The van der Waals surface area contributed by atoms with E-state index < -0.39 is 0 Å². The van der Waals surface area contributed by atoms with E-state index in [1.54, 1.807) is 11.1 Å². The van der Waals surface area contributed by atoms with Crippen molar-refractivity contribution >= 4 is 23.2 Å². The highest BCUT2D eigenvalue weighted by molar-refractivity contribution is 5.98. The summed E-state index contributed by atoms with van der Waals surface area (Å²) < 4.78 is 5.72. The minimum absolute atomic E-state index is 0.00806. The number of nitrogens with zero attached hydrogens (tertiary/aromatic N) is 2. The summed E-state index contributed by atoms with van der Waals surface area (Å²) in [4.78, 5) is 24.3. The number of aromatic nitrogens is 2. The van der Waals surface area contributed by atoms with Gasteiger partial charge in [-0.1, -0.05) is 42.5 Å². The summed E-state index contributed by atoms with van der Waals surface area (Å²) in [6.07, 6.45) is 8.45. The van der Waals surface area contributed by atoms with Crippen molar-refractivity contribution in [3.63, 3.8) is 0 Å². The van der Waals surface area contributed by atoms with Gasteiger partial charge in [-0.15, -0.1) is 0 Å². The van der Waals surface area contributed by atoms with Crippen molar-refractivity contribution in [3.8, 4) is 5.75 Å². The van der Waals surface area contributed by atoms with Crippen molar-refractivity contribution < 1.29 is 9.53 Å². The van der Waals surface area contributed by atoms with E-state index in [2.05, 4.69) is 71.7 Å². The predicted octanol–water partition coefficient (Wildman–Crippen LogP) is 3.59. The second-order valence-corrected chi connectivity index (χ2v) is 10.5. The summed E-state index contributed by atoms with van der Waals surface area (Å²) in [5.41, 5.74) is 8.32. The van der Waals surface area contributed by atoms with Crippen molar-refractivity contribution in [1.29, 1.82) is 0 Å². The minimum atomic E-state index is -0.148. The Bertz CT molecular complexity index is 1910. The van der Waals surface area contributed by atoms with E-state index in [1.165, 1.54) is 67.6 Å². The molecule has 6 heteroatoms. The summed E-state index contributed by atoms with van der Waals surface area (Å²) in [7, 11) is 1.84. The van der Waals surface area contributed by atoms with Crippen molar-refractivity contribution in [2.45, 2.75) is 39.5 Å². The van der Waals surface area contributed by atoms with E-state index in [0.29, 0.717) is 0 Å². The van der Waals surface area contributed by atoms with Gasteiger partial charge >= 0.3 is 0 Å². The van der Waals surface area contributed by atoms with E-state index in [4.69, 9.17) is 4.74 Å². The third kappa shape index (κ3) is 4.56. The van der Waals surface area contributed by atoms with Gasteiger partial charge in [-0.05, 0) is 106 Å². The van der Waals surface area contributed by atoms with Crippen LogP contribution in [0, 0.1) is 24.3 Å². The molecular formula is C33H31N3O3. The number of carbonyl (C=O) groups is 1. The Morgan fingerprint density at radius 2 is 1.77 bits per heavy atom. The van der Waals surface area contributed by atoms with Crippen molar-refractivity contribution in [2.24, 2.45) is 0 Å². The molecule has 2 heterocycles. The van der Waals surface area contributed by atoms with Crippen LogP contribution in [0.15, 0.2) is 65.6 Å². The summed E-state index contributed by atoms with van der Waals surface area (Å²) >= 11 is 0. The lowest BCUT2D eigenvalue weighted by atomic mass is 9.83. The van der Waals surface area contributed by atoms with Crippen LogP contribution in [0.4, 0.5) is 5.69 Å². The predicted molar refractivity (Wildman–Crippen MR) is 153 cm³/mol. The normalized spacial score (nSPS) is 15.0. The quantitative estimate of drug-likeness (QED) is 0.419. The number of rotatable bonds is 1. The van der Waals surface area contributed by atoms with Gasteiger partial charge in [0.2, 0.25) is 0 Å². The molecule has 4 aromatic rings. The number of aromatic amines is 1. The number of H-pyrrole nitrogens is 1. The highest BCUT2D eigenvalue weighted by Gasteiger charge is 2.25. The van der Waals surface area contributed by atoms with E-state index in [0.717, 1.165) is 29.8 Å². The highest BCUT2D eigenvalue weighted by Crippen LogP contribution is 2.37. The van der Waals surface area contributed by atoms with E-state index >= 15 is 0 Å². The molecule has 0 bridgehead atoms. The molecule has 0 spiro atoms. The number of aryl methyl sites for hydroxylation is 2. The maximum absolute atomic E-state index is 12.2. The second kappa shape index (κ2) is 10.0. The molecule has 7 rings (SSSR count). The number of amides is 1. The van der Waals surface area contributed by atoms with Gasteiger partial charge in [0.1, 0.15) is 5.75 Å². The Kier molecular flexibility index (Phi) is 6.39. The number of hydrogen-bond donors (Lipinski definition) is 1. The molecule has 0 fully saturated rings. The number of hydrogen-bond acceptors (Lipinski definition) is 4. The van der Waals surface area contributed by atoms with Crippen molar-refractivity contribution in [3.05, 3.63) is 120 Å². The van der Waals surface area contributed by atoms with Gasteiger partial charge in [0.15, 0.2) is 6.61 Å². The van der Waals surface area contributed by atoms with Gasteiger partial charge in [-0.2, -0.15) is 5.10 Å². The third-order valence-electron chi connectivity index (χ3n) is 7.88. The third-order valence-corrected chi connectivity index (χ3v) is 7.88. The molecule has 1 aromatic heterocycles. The molecule has 39 heavy (non-hydrogen) atoms. The van der Waals surface area contributed by atoms with Gasteiger partial charge in [0.05, 0.1) is 11.9 Å². The van der Waals surface area contributed by atoms with Gasteiger partial charge in [-0.25, -0.2) is 5.10 Å². The molecule has 1 aliphatic heterocycles. The Balaban J connectivity index is 0.000000299. The monoisotopic (exact) mass is 517 g/mol. The molecule has 1 N–H and O–H groups in total. The Labute approximate surface area is 226 Å². The molecule has 1 amide bonds. The van der Waals surface area contributed by atoms with Crippen LogP contribution in [0.2, 0.25) is 0 Å². The Morgan fingerprint density at radius 1 is 0.949 bits per heavy atom. The first-order valence-corrected chi connectivity index (χ1v) is 13.4. The smallest absolute Gasteiger partial charge is 0.264 e. The van der Waals surface area contributed by atoms with Crippen molar-refractivity contribution in [2.75, 3.05) is 18.6 Å². The van der Waals surface area contributed by atoms with E-state index in [-0.39, 0.29) is 18.1 Å². The van der Waals surface area contributed by atoms with E-state index in [9.17, 15) is 9.59 Å². The summed E-state index contributed by atoms with van der Waals surface area (Å²) in [5.74, 6) is 0.784. The highest BCUT2D eigenvalue weighted by atomic mass is 16.5. The molecule has 0 atom stereocenters. The number of benzene rings is 3. The van der Waals surface area contributed by atoms with Crippen LogP contribution in [0.1, 0.15) is 40.7 Å². The molecule has 6 nitrogen and oxygen atoms in total. The SMILES string of the molecule is Cc1cc2c(cc1C1=c3ccccc3=c3ccc4c(c3C1)CCCC=4)N(C)C(=O)CO2.Cc1cn[nH]c(=O)c1. The van der Waals surface area contributed by atoms with Gasteiger partial charge in [0, 0.05) is 13.1 Å². The topological polar surface area (TPSA) is 75.3 Å². The molecule has 196 valence electrons. The number of likely N-dealkylation sites (N-methyl/N-ethyl adjacent to an activating group) is 1. The van der Waals surface area contributed by atoms with Gasteiger partial charge in [0.25, 0.3) is 11.5 Å². The minimum Gasteiger partial charge on any atom is -0.482 e. The average molecular weight is 518 g/mol. The summed E-state index contributed by atoms with van der Waals surface area (Å²) in [6, 6.07) is 19.1. The number of carbonyl (C=O) groups excluding carboxylic acids is 1. The fraction of sp³-hybridized carbons (Fsp3) is 0.242. The number of nitrogens with one attached hydrogen (secondary N) is 1. The van der Waals surface area contributed by atoms with Crippen LogP contribution in [0.3, 0.4) is 0 Å². The van der Waals surface area contributed by atoms with E-state index in [1.807, 2.05) is 14.0 Å². The lowest BCUT2D eigenvalue weighted by Gasteiger charge is -2.28. The van der Waals surface area contributed by atoms with Crippen LogP contribution >= 0.6 is 0 Å². The summed E-state index contributed by atoms with van der Waals surface area (Å²) in [6.45, 7) is 4.08. The Hall–Kier alpha value is -4.45. The first-order chi connectivity index (χ1) is 18.9. The number of anilines is 1. The molecule has 0 saturated heterocycles. The standard InChI is InChI=1S/C28H25NO2.C5H6N2O/c1-17-13-27-26(29(2)28(30)16-31-27)15-23(17)25-14-24-19-8-4-3-7-18(19)11-12-22(24)20-9-5-6-10-21(20)25;1-4-2-5(8)7-6-3-4/h5-7,9-13,15H,3-4,8,14,16H2,1-2H3;2-3H,1H3,(H,7,8). The van der Waals surface area contributed by atoms with Gasteiger partial charge in [-0.3, -0.25) is 9.59 Å². The molecule has 2 aliphatic carbocycles. The zero-order valence-electron chi connectivity index (χ0n) is 22.5. The maximum Gasteiger partial charge on any atom is 0.264 e. The van der Waals surface area contributed by atoms with Gasteiger partial charge < -0.3 is 9.64 Å². The van der Waals surface area contributed by atoms with Crippen LogP contribution in [-0.4, -0.2) is 29.8 Å². The lowest BCUT2D eigenvalue weighted by molar-refractivity contribution is -0.120. The molecule has 0 radical (unpaired) electrons. The fourth-order valence-corrected chi connectivity index (χ4v) is 5.90. The molecule has 0 saturated carbocycles. The van der Waals surface area contributed by atoms with Crippen LogP contribution in [0.25, 0.3) is 11.6 Å². The maximum atomic E-state index is 12.2. The van der Waals surface area contributed by atoms with Crippen LogP contribution in [-0.2, 0) is 17.6 Å². The molecule has 0 unspecified atom stereocenters.